The van der Waals surface area contributed by atoms with Crippen molar-refractivity contribution in [2.24, 2.45) is 0 Å². The number of aromatic nitrogens is 3. The predicted molar refractivity (Wildman–Crippen MR) is 91.3 cm³/mol. The zero-order chi connectivity index (χ0) is 16.2. The highest BCUT2D eigenvalue weighted by atomic mass is 16.1. The molecule has 23 heavy (non-hydrogen) atoms. The lowest BCUT2D eigenvalue weighted by Gasteiger charge is -2.04. The number of hydrogen-bond acceptors (Lipinski definition) is 2. The van der Waals surface area contributed by atoms with Gasteiger partial charge in [0.1, 0.15) is 0 Å². The fourth-order valence-corrected chi connectivity index (χ4v) is 2.63. The number of amides is 1. The molecule has 0 aliphatic heterocycles. The molecule has 0 saturated heterocycles. The summed E-state index contributed by atoms with van der Waals surface area (Å²) in [5.41, 5.74) is 3.67. The quantitative estimate of drug-likeness (QED) is 0.733. The van der Waals surface area contributed by atoms with Crippen LogP contribution in [0.2, 0.25) is 0 Å². The molecule has 1 aromatic carbocycles. The molecule has 120 valence electrons. The van der Waals surface area contributed by atoms with Crippen LogP contribution >= 0.6 is 0 Å². The van der Waals surface area contributed by atoms with Crippen molar-refractivity contribution in [3.8, 4) is 0 Å². The maximum absolute atomic E-state index is 12.3. The maximum Gasteiger partial charge on any atom is 0.251 e. The van der Waals surface area contributed by atoms with Crippen molar-refractivity contribution in [3.05, 3.63) is 53.5 Å². The van der Waals surface area contributed by atoms with Crippen molar-refractivity contribution >= 4 is 16.8 Å². The molecular formula is C18H22N4O. The first-order chi connectivity index (χ1) is 11.2. The van der Waals surface area contributed by atoms with Crippen LogP contribution in [0.1, 0.15) is 41.4 Å². The smallest absolute Gasteiger partial charge is 0.251 e. The Balaban J connectivity index is 1.65. The first-order valence-corrected chi connectivity index (χ1v) is 8.05. The van der Waals surface area contributed by atoms with Crippen LogP contribution in [-0.2, 0) is 13.1 Å². The van der Waals surface area contributed by atoms with Crippen LogP contribution in [0.25, 0.3) is 10.9 Å². The van der Waals surface area contributed by atoms with Gasteiger partial charge in [0.15, 0.2) is 0 Å². The normalized spacial score (nSPS) is 11.0. The Labute approximate surface area is 135 Å². The Morgan fingerprint density at radius 2 is 2.22 bits per heavy atom. The molecule has 0 unspecified atom stereocenters. The molecular weight excluding hydrogens is 288 g/mol. The fourth-order valence-electron chi connectivity index (χ4n) is 2.63. The predicted octanol–water partition coefficient (Wildman–Crippen LogP) is 3.40. The standard InChI is InChI=1S/C18H22N4O/c1-3-4-9-22-12-16(13(2)21-22)11-20-18(23)15-6-5-14-7-8-19-17(14)10-15/h5-8,10,12,19H,3-4,9,11H2,1-2H3,(H,20,23). The molecule has 0 atom stereocenters. The van der Waals surface area contributed by atoms with Gasteiger partial charge >= 0.3 is 0 Å². The van der Waals surface area contributed by atoms with Crippen molar-refractivity contribution in [2.45, 2.75) is 39.8 Å². The average molecular weight is 310 g/mol. The number of unbranched alkanes of at least 4 members (excludes halogenated alkanes) is 1. The second-order valence-corrected chi connectivity index (χ2v) is 5.82. The molecule has 0 radical (unpaired) electrons. The lowest BCUT2D eigenvalue weighted by molar-refractivity contribution is 0.0951. The molecule has 3 aromatic rings. The number of rotatable bonds is 6. The van der Waals surface area contributed by atoms with E-state index in [4.69, 9.17) is 0 Å². The number of hydrogen-bond donors (Lipinski definition) is 2. The summed E-state index contributed by atoms with van der Waals surface area (Å²) in [5.74, 6) is -0.0674. The van der Waals surface area contributed by atoms with Gasteiger partial charge in [0, 0.05) is 42.1 Å². The molecule has 0 fully saturated rings. The highest BCUT2D eigenvalue weighted by Gasteiger charge is 2.09. The summed E-state index contributed by atoms with van der Waals surface area (Å²) in [6.07, 6.45) is 6.16. The van der Waals surface area contributed by atoms with Crippen LogP contribution in [0.3, 0.4) is 0 Å². The van der Waals surface area contributed by atoms with E-state index in [2.05, 4.69) is 22.3 Å². The zero-order valence-electron chi connectivity index (χ0n) is 13.6. The molecule has 0 saturated carbocycles. The number of nitrogens with one attached hydrogen (secondary N) is 2. The van der Waals surface area contributed by atoms with Gasteiger partial charge in [-0.15, -0.1) is 0 Å². The number of aromatic amines is 1. The van der Waals surface area contributed by atoms with Crippen LogP contribution in [0.5, 0.6) is 0 Å². The molecule has 3 rings (SSSR count). The summed E-state index contributed by atoms with van der Waals surface area (Å²) < 4.78 is 1.96. The first-order valence-electron chi connectivity index (χ1n) is 8.05. The van der Waals surface area contributed by atoms with Gasteiger partial charge in [0.2, 0.25) is 0 Å². The summed E-state index contributed by atoms with van der Waals surface area (Å²) >= 11 is 0. The second-order valence-electron chi connectivity index (χ2n) is 5.82. The van der Waals surface area contributed by atoms with Crippen molar-refractivity contribution in [3.63, 3.8) is 0 Å². The highest BCUT2D eigenvalue weighted by molar-refractivity contribution is 5.97. The third kappa shape index (κ3) is 3.44. The van der Waals surface area contributed by atoms with E-state index in [0.717, 1.165) is 41.5 Å². The molecule has 0 aliphatic rings. The average Bonchev–Trinajstić information content (AvgIpc) is 3.16. The molecule has 2 heterocycles. The lowest BCUT2D eigenvalue weighted by atomic mass is 10.1. The summed E-state index contributed by atoms with van der Waals surface area (Å²) in [7, 11) is 0. The van der Waals surface area contributed by atoms with Crippen molar-refractivity contribution < 1.29 is 4.79 Å². The Bertz CT molecular complexity index is 815. The summed E-state index contributed by atoms with van der Waals surface area (Å²) in [6, 6.07) is 7.67. The van der Waals surface area contributed by atoms with Gasteiger partial charge < -0.3 is 10.3 Å². The third-order valence-electron chi connectivity index (χ3n) is 4.05. The second kappa shape index (κ2) is 6.69. The van der Waals surface area contributed by atoms with Crippen LogP contribution in [0, 0.1) is 6.92 Å². The molecule has 0 aliphatic carbocycles. The van der Waals surface area contributed by atoms with Gasteiger partial charge in [-0.1, -0.05) is 19.4 Å². The van der Waals surface area contributed by atoms with Crippen LogP contribution in [-0.4, -0.2) is 20.7 Å². The Morgan fingerprint density at radius 1 is 1.35 bits per heavy atom. The first kappa shape index (κ1) is 15.3. The van der Waals surface area contributed by atoms with E-state index in [0.29, 0.717) is 12.1 Å². The molecule has 5 nitrogen and oxygen atoms in total. The third-order valence-corrected chi connectivity index (χ3v) is 4.05. The van der Waals surface area contributed by atoms with E-state index in [-0.39, 0.29) is 5.91 Å². The topological polar surface area (TPSA) is 62.7 Å². The number of benzene rings is 1. The lowest BCUT2D eigenvalue weighted by Crippen LogP contribution is -2.22. The van der Waals surface area contributed by atoms with E-state index < -0.39 is 0 Å². The van der Waals surface area contributed by atoms with Gasteiger partial charge in [-0.3, -0.25) is 9.48 Å². The number of aryl methyl sites for hydroxylation is 2. The van der Waals surface area contributed by atoms with Crippen molar-refractivity contribution in [2.75, 3.05) is 0 Å². The van der Waals surface area contributed by atoms with Crippen LogP contribution in [0.4, 0.5) is 0 Å². The van der Waals surface area contributed by atoms with E-state index in [1.54, 1.807) is 0 Å². The Hall–Kier alpha value is -2.56. The Kier molecular flexibility index (Phi) is 4.46. The number of fused-ring (bicyclic) bond motifs is 1. The number of carbonyl (C=O) groups is 1. The Morgan fingerprint density at radius 3 is 3.04 bits per heavy atom. The molecule has 2 aromatic heterocycles. The van der Waals surface area contributed by atoms with Crippen LogP contribution < -0.4 is 5.32 Å². The van der Waals surface area contributed by atoms with Gasteiger partial charge in [-0.2, -0.15) is 5.10 Å². The fraction of sp³-hybridized carbons (Fsp3) is 0.333. The number of H-pyrrole nitrogens is 1. The maximum atomic E-state index is 12.3. The van der Waals surface area contributed by atoms with Crippen molar-refractivity contribution in [1.82, 2.24) is 20.1 Å². The van der Waals surface area contributed by atoms with E-state index in [1.807, 2.05) is 48.3 Å². The van der Waals surface area contributed by atoms with Gasteiger partial charge in [0.05, 0.1) is 5.69 Å². The van der Waals surface area contributed by atoms with E-state index in [1.165, 1.54) is 0 Å². The molecule has 2 N–H and O–H groups in total. The van der Waals surface area contributed by atoms with Gasteiger partial charge in [-0.25, -0.2) is 0 Å². The highest BCUT2D eigenvalue weighted by Crippen LogP contribution is 2.14. The monoisotopic (exact) mass is 310 g/mol. The summed E-state index contributed by atoms with van der Waals surface area (Å²) in [6.45, 7) is 5.57. The summed E-state index contributed by atoms with van der Waals surface area (Å²) in [5, 5.41) is 8.58. The SMILES string of the molecule is CCCCn1cc(CNC(=O)c2ccc3cc[nH]c3c2)c(C)n1. The van der Waals surface area contributed by atoms with E-state index in [9.17, 15) is 4.79 Å². The van der Waals surface area contributed by atoms with Gasteiger partial charge in [-0.05, 0) is 36.9 Å². The minimum Gasteiger partial charge on any atom is -0.361 e. The van der Waals surface area contributed by atoms with Crippen LogP contribution in [0.15, 0.2) is 36.7 Å². The number of nitrogens with zero attached hydrogens (tertiary/aromatic N) is 2. The van der Waals surface area contributed by atoms with Gasteiger partial charge in [0.25, 0.3) is 5.91 Å². The number of carbonyl (C=O) groups excluding carboxylic acids is 1. The molecule has 5 heteroatoms. The molecule has 0 bridgehead atoms. The molecule has 0 spiro atoms. The molecule has 1 amide bonds. The summed E-state index contributed by atoms with van der Waals surface area (Å²) in [4.78, 5) is 15.4. The minimum absolute atomic E-state index is 0.0674. The van der Waals surface area contributed by atoms with E-state index >= 15 is 0 Å². The largest absolute Gasteiger partial charge is 0.361 e. The zero-order valence-corrected chi connectivity index (χ0v) is 13.6. The van der Waals surface area contributed by atoms with Crippen molar-refractivity contribution in [1.29, 1.82) is 0 Å². The minimum atomic E-state index is -0.0674.